The third-order valence-electron chi connectivity index (χ3n) is 2.38. The molecule has 86 valence electrons. The lowest BCUT2D eigenvalue weighted by Crippen LogP contribution is -2.27. The Hall–Kier alpha value is -1.73. The van der Waals surface area contributed by atoms with E-state index in [9.17, 15) is 9.59 Å². The SMILES string of the molecule is Nc1ccn([C@H]2CC(=O)C(CO)O2)c(=O)n1. The molecule has 0 radical (unpaired) electrons. The van der Waals surface area contributed by atoms with E-state index in [0.717, 1.165) is 0 Å². The van der Waals surface area contributed by atoms with Gasteiger partial charge in [-0.15, -0.1) is 0 Å². The van der Waals surface area contributed by atoms with Crippen LogP contribution in [0.1, 0.15) is 12.6 Å². The average Bonchev–Trinajstić information content (AvgIpc) is 2.59. The molecule has 1 fully saturated rings. The molecular weight excluding hydrogens is 214 g/mol. The molecule has 2 atom stereocenters. The van der Waals surface area contributed by atoms with Gasteiger partial charge in [-0.05, 0) is 6.07 Å². The molecule has 3 N–H and O–H groups in total. The van der Waals surface area contributed by atoms with Gasteiger partial charge < -0.3 is 15.6 Å². The fourth-order valence-electron chi connectivity index (χ4n) is 1.57. The number of hydrogen-bond acceptors (Lipinski definition) is 6. The summed E-state index contributed by atoms with van der Waals surface area (Å²) in [6, 6.07) is 1.45. The average molecular weight is 225 g/mol. The lowest BCUT2D eigenvalue weighted by Gasteiger charge is -2.13. The molecule has 0 saturated carbocycles. The molecule has 0 amide bonds. The molecule has 1 unspecified atom stereocenters. The van der Waals surface area contributed by atoms with Crippen molar-refractivity contribution in [2.45, 2.75) is 18.8 Å². The Labute approximate surface area is 90.5 Å². The van der Waals surface area contributed by atoms with Crippen molar-refractivity contribution in [2.75, 3.05) is 12.3 Å². The summed E-state index contributed by atoms with van der Waals surface area (Å²) in [6.45, 7) is -0.382. The van der Waals surface area contributed by atoms with Crippen molar-refractivity contribution >= 4 is 11.6 Å². The molecule has 1 aromatic rings. The Morgan fingerprint density at radius 3 is 2.94 bits per heavy atom. The summed E-state index contributed by atoms with van der Waals surface area (Å²) in [5, 5.41) is 8.85. The fourth-order valence-corrected chi connectivity index (χ4v) is 1.57. The zero-order valence-corrected chi connectivity index (χ0v) is 8.37. The minimum absolute atomic E-state index is 0.0523. The number of nitrogens with zero attached hydrogens (tertiary/aromatic N) is 2. The maximum Gasteiger partial charge on any atom is 0.351 e. The van der Waals surface area contributed by atoms with Crippen molar-refractivity contribution in [2.24, 2.45) is 0 Å². The van der Waals surface area contributed by atoms with Crippen LogP contribution in [0.5, 0.6) is 0 Å². The highest BCUT2D eigenvalue weighted by Crippen LogP contribution is 2.23. The van der Waals surface area contributed by atoms with Gasteiger partial charge in [-0.2, -0.15) is 4.98 Å². The summed E-state index contributed by atoms with van der Waals surface area (Å²) in [5.41, 5.74) is 4.76. The molecule has 0 aliphatic carbocycles. The minimum Gasteiger partial charge on any atom is -0.393 e. The van der Waals surface area contributed by atoms with E-state index in [-0.39, 0.29) is 24.6 Å². The van der Waals surface area contributed by atoms with Gasteiger partial charge in [0.15, 0.2) is 5.78 Å². The molecular formula is C9H11N3O4. The van der Waals surface area contributed by atoms with Crippen molar-refractivity contribution in [3.05, 3.63) is 22.7 Å². The zero-order chi connectivity index (χ0) is 11.7. The number of ether oxygens (including phenoxy) is 1. The lowest BCUT2D eigenvalue weighted by molar-refractivity contribution is -0.124. The van der Waals surface area contributed by atoms with Crippen LogP contribution in [0.3, 0.4) is 0 Å². The van der Waals surface area contributed by atoms with E-state index >= 15 is 0 Å². The van der Waals surface area contributed by atoms with Crippen LogP contribution in [0.25, 0.3) is 0 Å². The topological polar surface area (TPSA) is 107 Å². The van der Waals surface area contributed by atoms with Gasteiger partial charge in [-0.1, -0.05) is 0 Å². The molecule has 7 nitrogen and oxygen atoms in total. The van der Waals surface area contributed by atoms with E-state index < -0.39 is 18.0 Å². The fraction of sp³-hybridized carbons (Fsp3) is 0.444. The molecule has 0 aromatic carbocycles. The van der Waals surface area contributed by atoms with E-state index in [1.54, 1.807) is 0 Å². The maximum absolute atomic E-state index is 11.4. The van der Waals surface area contributed by atoms with E-state index in [0.29, 0.717) is 0 Å². The molecule has 1 aliphatic heterocycles. The normalized spacial score (nSPS) is 24.9. The van der Waals surface area contributed by atoms with Gasteiger partial charge in [0, 0.05) is 6.20 Å². The number of Topliss-reactive ketones (excluding diaryl/α,β-unsaturated/α-hetero) is 1. The summed E-state index contributed by atoms with van der Waals surface area (Å²) in [7, 11) is 0. The Morgan fingerprint density at radius 2 is 2.38 bits per heavy atom. The summed E-state index contributed by atoms with van der Waals surface area (Å²) in [6.07, 6.45) is -0.0845. The Bertz CT molecular complexity index is 470. The van der Waals surface area contributed by atoms with Crippen LogP contribution < -0.4 is 11.4 Å². The standard InChI is InChI=1S/C9H11N3O4/c10-7-1-2-12(9(15)11-7)8-3-5(14)6(4-13)16-8/h1-2,6,8,13H,3-4H2,(H2,10,11,15)/t6?,8-/m1/s1. The quantitative estimate of drug-likeness (QED) is 0.646. The summed E-state index contributed by atoms with van der Waals surface area (Å²) in [4.78, 5) is 26.3. The Morgan fingerprint density at radius 1 is 1.62 bits per heavy atom. The zero-order valence-electron chi connectivity index (χ0n) is 8.37. The predicted molar refractivity (Wildman–Crippen MR) is 53.5 cm³/mol. The van der Waals surface area contributed by atoms with Gasteiger partial charge in [-0.25, -0.2) is 4.79 Å². The number of carbonyl (C=O) groups excluding carboxylic acids is 1. The number of aromatic nitrogens is 2. The highest BCUT2D eigenvalue weighted by Gasteiger charge is 2.34. The highest BCUT2D eigenvalue weighted by atomic mass is 16.5. The lowest BCUT2D eigenvalue weighted by atomic mass is 10.2. The molecule has 1 aliphatic rings. The number of hydrogen-bond donors (Lipinski definition) is 2. The Balaban J connectivity index is 2.27. The molecule has 2 heterocycles. The number of aliphatic hydroxyl groups excluding tert-OH is 1. The second-order valence-corrected chi connectivity index (χ2v) is 3.47. The van der Waals surface area contributed by atoms with E-state index in [2.05, 4.69) is 4.98 Å². The van der Waals surface area contributed by atoms with Gasteiger partial charge in [0.2, 0.25) is 0 Å². The molecule has 1 saturated heterocycles. The van der Waals surface area contributed by atoms with Crippen LogP contribution in [0, 0.1) is 0 Å². The van der Waals surface area contributed by atoms with Crippen molar-refractivity contribution in [3.8, 4) is 0 Å². The van der Waals surface area contributed by atoms with Gasteiger partial charge in [0.1, 0.15) is 18.1 Å². The van der Waals surface area contributed by atoms with Crippen LogP contribution in [-0.4, -0.2) is 33.2 Å². The number of nitrogen functional groups attached to an aromatic ring is 1. The molecule has 1 aromatic heterocycles. The van der Waals surface area contributed by atoms with Crippen molar-refractivity contribution in [1.29, 1.82) is 0 Å². The van der Waals surface area contributed by atoms with Crippen LogP contribution in [0.4, 0.5) is 5.82 Å². The van der Waals surface area contributed by atoms with Gasteiger partial charge in [0.05, 0.1) is 13.0 Å². The first-order valence-electron chi connectivity index (χ1n) is 4.75. The van der Waals surface area contributed by atoms with Crippen LogP contribution in [0.15, 0.2) is 17.1 Å². The number of nitrogens with two attached hydrogens (primary N) is 1. The largest absolute Gasteiger partial charge is 0.393 e. The molecule has 0 bridgehead atoms. The third kappa shape index (κ3) is 1.82. The first-order chi connectivity index (χ1) is 7.61. The first kappa shape index (κ1) is 10.8. The second kappa shape index (κ2) is 4.03. The first-order valence-corrected chi connectivity index (χ1v) is 4.75. The van der Waals surface area contributed by atoms with E-state index in [1.807, 2.05) is 0 Å². The molecule has 2 rings (SSSR count). The summed E-state index contributed by atoms with van der Waals surface area (Å²) < 4.78 is 6.40. The van der Waals surface area contributed by atoms with Crippen molar-refractivity contribution in [1.82, 2.24) is 9.55 Å². The highest BCUT2D eigenvalue weighted by molar-refractivity contribution is 5.85. The van der Waals surface area contributed by atoms with Gasteiger partial charge in [-0.3, -0.25) is 9.36 Å². The van der Waals surface area contributed by atoms with E-state index in [4.69, 9.17) is 15.6 Å². The number of carbonyl (C=O) groups is 1. The van der Waals surface area contributed by atoms with Crippen LogP contribution in [0.2, 0.25) is 0 Å². The van der Waals surface area contributed by atoms with Crippen LogP contribution >= 0.6 is 0 Å². The predicted octanol–water partition coefficient (Wildman–Crippen LogP) is -1.33. The monoisotopic (exact) mass is 225 g/mol. The van der Waals surface area contributed by atoms with Gasteiger partial charge >= 0.3 is 5.69 Å². The van der Waals surface area contributed by atoms with Crippen molar-refractivity contribution in [3.63, 3.8) is 0 Å². The molecule has 16 heavy (non-hydrogen) atoms. The van der Waals surface area contributed by atoms with E-state index in [1.165, 1.54) is 16.8 Å². The Kier molecular flexibility index (Phi) is 2.71. The van der Waals surface area contributed by atoms with Crippen molar-refractivity contribution < 1.29 is 14.6 Å². The number of ketones is 1. The number of rotatable bonds is 2. The third-order valence-corrected chi connectivity index (χ3v) is 2.38. The number of aliphatic hydroxyl groups is 1. The second-order valence-electron chi connectivity index (χ2n) is 3.47. The minimum atomic E-state index is -0.852. The molecule has 0 spiro atoms. The molecule has 7 heteroatoms. The maximum atomic E-state index is 11.4. The number of anilines is 1. The van der Waals surface area contributed by atoms with Gasteiger partial charge in [0.25, 0.3) is 0 Å². The smallest absolute Gasteiger partial charge is 0.351 e. The summed E-state index contributed by atoms with van der Waals surface area (Å²) in [5.74, 6) is -0.111. The summed E-state index contributed by atoms with van der Waals surface area (Å²) >= 11 is 0. The van der Waals surface area contributed by atoms with Crippen LogP contribution in [-0.2, 0) is 9.53 Å².